The van der Waals surface area contributed by atoms with Crippen molar-refractivity contribution in [1.29, 1.82) is 0 Å². The number of hydrogen-bond acceptors (Lipinski definition) is 1. The minimum Gasteiger partial charge on any atom is -0.393 e. The van der Waals surface area contributed by atoms with Gasteiger partial charge in [-0.05, 0) is 6.42 Å². The summed E-state index contributed by atoms with van der Waals surface area (Å²) >= 11 is 0. The molecule has 1 atom stereocenters. The largest absolute Gasteiger partial charge is 0.393 e. The molecule has 0 aliphatic rings. The monoisotopic (exact) mass is 310 g/mol. The van der Waals surface area contributed by atoms with E-state index >= 15 is 0 Å². The van der Waals surface area contributed by atoms with Crippen molar-refractivity contribution in [2.75, 3.05) is 0 Å². The molecule has 0 aliphatic heterocycles. The zero-order valence-electron chi connectivity index (χ0n) is 11.9. The second-order valence-corrected chi connectivity index (χ2v) is 5.11. The molecular weight excluding hydrogens is 291 g/mol. The Balaban J connectivity index is 2.66. The molecule has 0 bridgehead atoms. The maximum atomic E-state index is 13.4. The minimum atomic E-state index is -2.18. The molecule has 1 N–H and O–H groups in total. The second-order valence-electron chi connectivity index (χ2n) is 5.11. The van der Waals surface area contributed by atoms with E-state index < -0.39 is 47.2 Å². The number of aliphatic hydroxyl groups excluding tert-OH is 1. The van der Waals surface area contributed by atoms with Gasteiger partial charge in [0.1, 0.15) is 0 Å². The fourth-order valence-corrected chi connectivity index (χ4v) is 2.15. The Labute approximate surface area is 120 Å². The van der Waals surface area contributed by atoms with E-state index in [0.29, 0.717) is 6.42 Å². The van der Waals surface area contributed by atoms with E-state index in [1.165, 1.54) is 0 Å². The molecule has 0 fully saturated rings. The number of benzene rings is 1. The fraction of sp³-hybridized carbons (Fsp3) is 0.600. The zero-order chi connectivity index (χ0) is 16.0. The molecule has 0 saturated heterocycles. The van der Waals surface area contributed by atoms with Crippen LogP contribution in [0.5, 0.6) is 0 Å². The van der Waals surface area contributed by atoms with E-state index in [2.05, 4.69) is 6.92 Å². The third-order valence-electron chi connectivity index (χ3n) is 3.38. The number of halogens is 5. The number of unbranched alkanes of at least 4 members (excludes halogenated alkanes) is 4. The smallest absolute Gasteiger partial charge is 0.200 e. The van der Waals surface area contributed by atoms with Crippen LogP contribution in [-0.4, -0.2) is 11.2 Å². The van der Waals surface area contributed by atoms with Gasteiger partial charge in [-0.2, -0.15) is 0 Å². The van der Waals surface area contributed by atoms with Crippen LogP contribution in [0.4, 0.5) is 22.0 Å². The van der Waals surface area contributed by atoms with Crippen LogP contribution in [0, 0.1) is 29.1 Å². The molecule has 1 rings (SSSR count). The van der Waals surface area contributed by atoms with Crippen molar-refractivity contribution in [3.05, 3.63) is 34.6 Å². The van der Waals surface area contributed by atoms with Gasteiger partial charge in [0.25, 0.3) is 0 Å². The van der Waals surface area contributed by atoms with E-state index in [-0.39, 0.29) is 6.42 Å². The Kier molecular flexibility index (Phi) is 7.08. The topological polar surface area (TPSA) is 20.2 Å². The van der Waals surface area contributed by atoms with Gasteiger partial charge in [0.2, 0.25) is 5.82 Å². The van der Waals surface area contributed by atoms with Gasteiger partial charge in [0.15, 0.2) is 23.3 Å². The van der Waals surface area contributed by atoms with Crippen molar-refractivity contribution in [3.8, 4) is 0 Å². The van der Waals surface area contributed by atoms with Crippen LogP contribution in [0.1, 0.15) is 51.0 Å². The molecule has 1 unspecified atom stereocenters. The van der Waals surface area contributed by atoms with Crippen molar-refractivity contribution in [3.63, 3.8) is 0 Å². The maximum Gasteiger partial charge on any atom is 0.200 e. The highest BCUT2D eigenvalue weighted by Crippen LogP contribution is 2.24. The van der Waals surface area contributed by atoms with Gasteiger partial charge in [-0.25, -0.2) is 22.0 Å². The lowest BCUT2D eigenvalue weighted by molar-refractivity contribution is 0.157. The van der Waals surface area contributed by atoms with Crippen LogP contribution in [0.3, 0.4) is 0 Å². The molecule has 1 aromatic carbocycles. The predicted octanol–water partition coefficient (Wildman–Crippen LogP) is 4.65. The van der Waals surface area contributed by atoms with Crippen LogP contribution in [-0.2, 0) is 6.42 Å². The lowest BCUT2D eigenvalue weighted by atomic mass is 10.0. The molecule has 1 aromatic rings. The van der Waals surface area contributed by atoms with E-state index in [0.717, 1.165) is 25.7 Å². The standard InChI is InChI=1S/C15H19F5O/c1-2-3-4-5-6-7-9(21)8-10-11(16)13(18)15(20)14(19)12(10)17/h9,21H,2-8H2,1H3. The van der Waals surface area contributed by atoms with Gasteiger partial charge in [0, 0.05) is 12.0 Å². The third-order valence-corrected chi connectivity index (χ3v) is 3.38. The van der Waals surface area contributed by atoms with E-state index in [4.69, 9.17) is 0 Å². The normalized spacial score (nSPS) is 12.7. The molecule has 0 heterocycles. The zero-order valence-corrected chi connectivity index (χ0v) is 11.9. The summed E-state index contributed by atoms with van der Waals surface area (Å²) in [4.78, 5) is 0. The number of hydrogen-bond donors (Lipinski definition) is 1. The molecular formula is C15H19F5O. The number of aliphatic hydroxyl groups is 1. The van der Waals surface area contributed by atoms with Crippen LogP contribution >= 0.6 is 0 Å². The summed E-state index contributed by atoms with van der Waals surface area (Å²) in [5, 5.41) is 9.69. The van der Waals surface area contributed by atoms with Gasteiger partial charge in [-0.3, -0.25) is 0 Å². The average molecular weight is 310 g/mol. The molecule has 0 spiro atoms. The quantitative estimate of drug-likeness (QED) is 0.321. The molecule has 1 nitrogen and oxygen atoms in total. The third kappa shape index (κ3) is 4.66. The summed E-state index contributed by atoms with van der Waals surface area (Å²) < 4.78 is 65.7. The summed E-state index contributed by atoms with van der Waals surface area (Å²) in [5.41, 5.74) is -0.951. The highest BCUT2D eigenvalue weighted by atomic mass is 19.2. The molecule has 0 saturated carbocycles. The van der Waals surface area contributed by atoms with E-state index in [9.17, 15) is 27.1 Å². The van der Waals surface area contributed by atoms with Crippen LogP contribution in [0.15, 0.2) is 0 Å². The highest BCUT2D eigenvalue weighted by Gasteiger charge is 2.26. The van der Waals surface area contributed by atoms with Crippen LogP contribution in [0.25, 0.3) is 0 Å². The minimum absolute atomic E-state index is 0.267. The Morgan fingerprint density at radius 1 is 0.762 bits per heavy atom. The van der Waals surface area contributed by atoms with Gasteiger partial charge in [-0.1, -0.05) is 39.0 Å². The van der Waals surface area contributed by atoms with Crippen molar-refractivity contribution >= 4 is 0 Å². The van der Waals surface area contributed by atoms with Crippen molar-refractivity contribution in [2.45, 2.75) is 58.0 Å². The van der Waals surface area contributed by atoms with Crippen molar-refractivity contribution in [2.24, 2.45) is 0 Å². The van der Waals surface area contributed by atoms with Crippen molar-refractivity contribution in [1.82, 2.24) is 0 Å². The summed E-state index contributed by atoms with van der Waals surface area (Å²) in [6.45, 7) is 2.05. The van der Waals surface area contributed by atoms with E-state index in [1.54, 1.807) is 0 Å². The Bertz CT molecular complexity index is 447. The first kappa shape index (κ1) is 17.9. The number of rotatable bonds is 8. The van der Waals surface area contributed by atoms with Crippen LogP contribution < -0.4 is 0 Å². The molecule has 0 aliphatic carbocycles. The van der Waals surface area contributed by atoms with Gasteiger partial charge >= 0.3 is 0 Å². The summed E-state index contributed by atoms with van der Waals surface area (Å²) in [7, 11) is 0. The maximum absolute atomic E-state index is 13.4. The van der Waals surface area contributed by atoms with Gasteiger partial charge in [-0.15, -0.1) is 0 Å². The first-order chi connectivity index (χ1) is 9.90. The molecule has 120 valence electrons. The summed E-state index contributed by atoms with van der Waals surface area (Å²) in [6, 6.07) is 0. The highest BCUT2D eigenvalue weighted by molar-refractivity contribution is 5.24. The molecule has 21 heavy (non-hydrogen) atoms. The van der Waals surface area contributed by atoms with Gasteiger partial charge < -0.3 is 5.11 Å². The molecule has 6 heteroatoms. The summed E-state index contributed by atoms with van der Waals surface area (Å²) in [5.74, 6) is -9.85. The van der Waals surface area contributed by atoms with Crippen molar-refractivity contribution < 1.29 is 27.1 Å². The van der Waals surface area contributed by atoms with Gasteiger partial charge in [0.05, 0.1) is 6.10 Å². The Morgan fingerprint density at radius 2 is 1.24 bits per heavy atom. The molecule has 0 aromatic heterocycles. The Hall–Kier alpha value is -1.17. The lowest BCUT2D eigenvalue weighted by Crippen LogP contribution is -2.16. The first-order valence-corrected chi connectivity index (χ1v) is 7.08. The summed E-state index contributed by atoms with van der Waals surface area (Å²) in [6.07, 6.45) is 3.19. The predicted molar refractivity (Wildman–Crippen MR) is 69.3 cm³/mol. The lowest BCUT2D eigenvalue weighted by Gasteiger charge is -2.13. The Morgan fingerprint density at radius 3 is 1.76 bits per heavy atom. The average Bonchev–Trinajstić information content (AvgIpc) is 2.47. The SMILES string of the molecule is CCCCCCCC(O)Cc1c(F)c(F)c(F)c(F)c1F. The fourth-order valence-electron chi connectivity index (χ4n) is 2.15. The van der Waals surface area contributed by atoms with Crippen LogP contribution in [0.2, 0.25) is 0 Å². The second kappa shape index (κ2) is 8.32. The first-order valence-electron chi connectivity index (χ1n) is 7.08. The molecule has 0 amide bonds. The van der Waals surface area contributed by atoms with E-state index in [1.807, 2.05) is 0 Å². The molecule has 0 radical (unpaired) electrons.